The molecule has 1 amide bonds. The lowest BCUT2D eigenvalue weighted by molar-refractivity contribution is -0.144. The number of likely N-dealkylation sites (tertiary alicyclic amines) is 1. The average Bonchev–Trinajstić information content (AvgIpc) is 3.05. The standard InChI is InChI=1S/C21H25N3O2.CH4/c1-14(17-13-23-18-6-2-4-15(12-22)20(17)18)10-19(25)24-9-8-21(26)7-3-5-16(24)11-21;/h2,4,6,13-14,16,23,26H,3,5,7-11H2,1H3;1H4. The third-order valence-electron chi connectivity index (χ3n) is 6.24. The number of piperidine rings is 1. The first-order valence-electron chi connectivity index (χ1n) is 9.53. The molecule has 2 aliphatic rings. The van der Waals surface area contributed by atoms with E-state index < -0.39 is 5.60 Å². The molecule has 2 aromatic rings. The zero-order chi connectivity index (χ0) is 18.3. The van der Waals surface area contributed by atoms with Gasteiger partial charge in [-0.3, -0.25) is 4.79 Å². The number of carbonyl (C=O) groups excluding carboxylic acids is 1. The number of benzene rings is 1. The lowest BCUT2D eigenvalue weighted by atomic mass is 9.76. The lowest BCUT2D eigenvalue weighted by Crippen LogP contribution is -2.55. The van der Waals surface area contributed by atoms with E-state index in [4.69, 9.17) is 0 Å². The van der Waals surface area contributed by atoms with Crippen molar-refractivity contribution in [2.75, 3.05) is 6.54 Å². The smallest absolute Gasteiger partial charge is 0.223 e. The largest absolute Gasteiger partial charge is 0.390 e. The number of rotatable bonds is 3. The van der Waals surface area contributed by atoms with Crippen molar-refractivity contribution in [2.45, 2.75) is 70.4 Å². The van der Waals surface area contributed by atoms with Crippen LogP contribution in [0.15, 0.2) is 24.4 Å². The van der Waals surface area contributed by atoms with E-state index in [1.165, 1.54) is 0 Å². The van der Waals surface area contributed by atoms with Gasteiger partial charge in [0.2, 0.25) is 5.91 Å². The fourth-order valence-corrected chi connectivity index (χ4v) is 4.82. The molecule has 0 spiro atoms. The molecule has 2 heterocycles. The molecule has 1 saturated carbocycles. The van der Waals surface area contributed by atoms with E-state index in [0.29, 0.717) is 24.9 Å². The molecular formula is C22H29N3O2. The van der Waals surface area contributed by atoms with Crippen LogP contribution in [0, 0.1) is 11.3 Å². The topological polar surface area (TPSA) is 80.1 Å². The first-order chi connectivity index (χ1) is 12.5. The first-order valence-corrected chi connectivity index (χ1v) is 9.53. The molecule has 4 rings (SSSR count). The fourth-order valence-electron chi connectivity index (χ4n) is 4.82. The van der Waals surface area contributed by atoms with Gasteiger partial charge in [-0.05, 0) is 55.7 Å². The number of aliphatic hydroxyl groups is 1. The number of nitriles is 1. The molecule has 1 aliphatic carbocycles. The summed E-state index contributed by atoms with van der Waals surface area (Å²) in [6, 6.07) is 8.09. The Bertz CT molecular complexity index is 881. The molecule has 1 aromatic heterocycles. The highest BCUT2D eigenvalue weighted by atomic mass is 16.3. The van der Waals surface area contributed by atoms with Crippen molar-refractivity contribution in [2.24, 2.45) is 0 Å². The Morgan fingerprint density at radius 1 is 1.48 bits per heavy atom. The van der Waals surface area contributed by atoms with Gasteiger partial charge in [0.15, 0.2) is 0 Å². The SMILES string of the molecule is C.CC(CC(=O)N1CCC2(O)CCCC1C2)c1c[nH]c2cccc(C#N)c12. The van der Waals surface area contributed by atoms with Gasteiger partial charge in [0, 0.05) is 36.1 Å². The zero-order valence-corrected chi connectivity index (χ0v) is 15.2. The van der Waals surface area contributed by atoms with E-state index in [2.05, 4.69) is 18.0 Å². The third kappa shape index (κ3) is 3.46. The Kier molecular flexibility index (Phi) is 5.30. The molecule has 3 unspecified atom stereocenters. The number of fused-ring (bicyclic) bond motifs is 3. The Morgan fingerprint density at radius 3 is 3.07 bits per heavy atom. The summed E-state index contributed by atoms with van der Waals surface area (Å²) in [6.45, 7) is 2.71. The van der Waals surface area contributed by atoms with E-state index in [1.807, 2.05) is 29.3 Å². The van der Waals surface area contributed by atoms with Gasteiger partial charge in [0.1, 0.15) is 0 Å². The van der Waals surface area contributed by atoms with Gasteiger partial charge < -0.3 is 15.0 Å². The minimum absolute atomic E-state index is 0. The molecule has 2 N–H and O–H groups in total. The predicted molar refractivity (Wildman–Crippen MR) is 106 cm³/mol. The van der Waals surface area contributed by atoms with Gasteiger partial charge in [-0.1, -0.05) is 20.4 Å². The normalized spacial score (nSPS) is 25.5. The summed E-state index contributed by atoms with van der Waals surface area (Å²) >= 11 is 0. The predicted octanol–water partition coefficient (Wildman–Crippen LogP) is 4.08. The number of hydrogen-bond donors (Lipinski definition) is 2. The van der Waals surface area contributed by atoms with Crippen molar-refractivity contribution in [3.05, 3.63) is 35.5 Å². The van der Waals surface area contributed by atoms with Crippen LogP contribution in [0.2, 0.25) is 0 Å². The number of amides is 1. The van der Waals surface area contributed by atoms with Crippen molar-refractivity contribution in [3.63, 3.8) is 0 Å². The molecule has 1 aliphatic heterocycles. The summed E-state index contributed by atoms with van der Waals surface area (Å²) in [5, 5.41) is 20.9. The number of nitrogens with one attached hydrogen (secondary N) is 1. The minimum Gasteiger partial charge on any atom is -0.390 e. The van der Waals surface area contributed by atoms with E-state index in [1.54, 1.807) is 0 Å². The van der Waals surface area contributed by atoms with E-state index in [-0.39, 0.29) is 25.3 Å². The van der Waals surface area contributed by atoms with Gasteiger partial charge in [-0.15, -0.1) is 0 Å². The van der Waals surface area contributed by atoms with Gasteiger partial charge in [-0.2, -0.15) is 5.26 Å². The van der Waals surface area contributed by atoms with E-state index in [9.17, 15) is 15.2 Å². The Morgan fingerprint density at radius 2 is 2.30 bits per heavy atom. The molecule has 5 heteroatoms. The fraction of sp³-hybridized carbons (Fsp3) is 0.545. The van der Waals surface area contributed by atoms with Gasteiger partial charge in [0.05, 0.1) is 17.2 Å². The minimum atomic E-state index is -0.552. The van der Waals surface area contributed by atoms with Gasteiger partial charge in [-0.25, -0.2) is 0 Å². The van der Waals surface area contributed by atoms with Gasteiger partial charge in [0.25, 0.3) is 0 Å². The van der Waals surface area contributed by atoms with Crippen LogP contribution in [0.3, 0.4) is 0 Å². The van der Waals surface area contributed by atoms with Crippen LogP contribution in [0.4, 0.5) is 0 Å². The molecule has 0 radical (unpaired) electrons. The monoisotopic (exact) mass is 367 g/mol. The van der Waals surface area contributed by atoms with Crippen LogP contribution >= 0.6 is 0 Å². The zero-order valence-electron chi connectivity index (χ0n) is 15.2. The summed E-state index contributed by atoms with van der Waals surface area (Å²) in [7, 11) is 0. The summed E-state index contributed by atoms with van der Waals surface area (Å²) in [4.78, 5) is 18.2. The summed E-state index contributed by atoms with van der Waals surface area (Å²) in [5.74, 6) is 0.199. The van der Waals surface area contributed by atoms with E-state index >= 15 is 0 Å². The Labute approximate surface area is 161 Å². The van der Waals surface area contributed by atoms with Crippen LogP contribution in [0.5, 0.6) is 0 Å². The highest BCUT2D eigenvalue weighted by molar-refractivity contribution is 5.90. The molecule has 2 bridgehead atoms. The molecule has 2 fully saturated rings. The summed E-state index contributed by atoms with van der Waals surface area (Å²) in [6.07, 6.45) is 6.63. The molecular weight excluding hydrogens is 338 g/mol. The maximum absolute atomic E-state index is 13.0. The quantitative estimate of drug-likeness (QED) is 0.858. The van der Waals surface area contributed by atoms with Crippen LogP contribution in [-0.4, -0.2) is 39.1 Å². The summed E-state index contributed by atoms with van der Waals surface area (Å²) < 4.78 is 0. The average molecular weight is 367 g/mol. The second-order valence-electron chi connectivity index (χ2n) is 8.00. The van der Waals surface area contributed by atoms with Crippen molar-refractivity contribution < 1.29 is 9.90 Å². The molecule has 3 atom stereocenters. The number of aromatic nitrogens is 1. The molecule has 1 aromatic carbocycles. The second-order valence-corrected chi connectivity index (χ2v) is 8.00. The van der Waals surface area contributed by atoms with Gasteiger partial charge >= 0.3 is 0 Å². The molecule has 27 heavy (non-hydrogen) atoms. The van der Waals surface area contributed by atoms with E-state index in [0.717, 1.165) is 42.1 Å². The summed E-state index contributed by atoms with van der Waals surface area (Å²) in [5.41, 5.74) is 2.06. The highest BCUT2D eigenvalue weighted by Gasteiger charge is 2.42. The molecule has 1 saturated heterocycles. The number of nitrogens with zero attached hydrogens (tertiary/aromatic N) is 2. The van der Waals surface area contributed by atoms with Crippen LogP contribution < -0.4 is 0 Å². The Hall–Kier alpha value is -2.32. The second kappa shape index (κ2) is 7.36. The highest BCUT2D eigenvalue weighted by Crippen LogP contribution is 2.39. The molecule has 144 valence electrons. The van der Waals surface area contributed by atoms with Crippen LogP contribution in [0.25, 0.3) is 10.9 Å². The van der Waals surface area contributed by atoms with Crippen molar-refractivity contribution >= 4 is 16.8 Å². The number of carbonyl (C=O) groups is 1. The maximum atomic E-state index is 13.0. The van der Waals surface area contributed by atoms with Crippen molar-refractivity contribution in [3.8, 4) is 6.07 Å². The molecule has 5 nitrogen and oxygen atoms in total. The first kappa shape index (κ1) is 19.4. The van der Waals surface area contributed by atoms with Crippen LogP contribution in [-0.2, 0) is 4.79 Å². The maximum Gasteiger partial charge on any atom is 0.223 e. The van der Waals surface area contributed by atoms with Crippen molar-refractivity contribution in [1.82, 2.24) is 9.88 Å². The number of hydrogen-bond acceptors (Lipinski definition) is 3. The number of aromatic amines is 1. The van der Waals surface area contributed by atoms with Crippen LogP contribution in [0.1, 0.15) is 69.9 Å². The third-order valence-corrected chi connectivity index (χ3v) is 6.24. The van der Waals surface area contributed by atoms with Crippen molar-refractivity contribution in [1.29, 1.82) is 5.26 Å². The number of H-pyrrole nitrogens is 1. The Balaban J connectivity index is 0.00000210. The lowest BCUT2D eigenvalue weighted by Gasteiger charge is -2.48.